The van der Waals surface area contributed by atoms with E-state index in [0.29, 0.717) is 19.0 Å². The molecule has 4 rings (SSSR count). The van der Waals surface area contributed by atoms with E-state index in [9.17, 15) is 4.79 Å². The summed E-state index contributed by atoms with van der Waals surface area (Å²) >= 11 is 0. The number of halogens is 1. The van der Waals surface area contributed by atoms with E-state index < -0.39 is 0 Å². The Kier molecular flexibility index (Phi) is 7.07. The molecule has 1 aliphatic heterocycles. The van der Waals surface area contributed by atoms with Crippen LogP contribution in [0.1, 0.15) is 18.1 Å². The topological polar surface area (TPSA) is 59.0 Å². The molecule has 1 aliphatic rings. The van der Waals surface area contributed by atoms with Gasteiger partial charge in [-0.25, -0.2) is 0 Å². The average molecular weight is 411 g/mol. The number of amides is 1. The summed E-state index contributed by atoms with van der Waals surface area (Å²) in [5.74, 6) is 0.580. The molecule has 1 saturated heterocycles. The lowest BCUT2D eigenvalue weighted by Crippen LogP contribution is -2.49. The summed E-state index contributed by atoms with van der Waals surface area (Å²) in [6, 6.07) is 20.4. The lowest BCUT2D eigenvalue weighted by atomic mass is 9.88. The monoisotopic (exact) mass is 410 g/mol. The van der Waals surface area contributed by atoms with Crippen LogP contribution in [0, 0.1) is 11.8 Å². The average Bonchev–Trinajstić information content (AvgIpc) is 3.09. The predicted octanol–water partition coefficient (Wildman–Crippen LogP) is 3.49. The smallest absolute Gasteiger partial charge is 0.223 e. The lowest BCUT2D eigenvalue weighted by Gasteiger charge is -2.31. The minimum atomic E-state index is 0. The van der Waals surface area contributed by atoms with Crippen LogP contribution in [-0.2, 0) is 17.9 Å². The molecule has 0 bridgehead atoms. The van der Waals surface area contributed by atoms with Gasteiger partial charge in [-0.3, -0.25) is 9.48 Å². The van der Waals surface area contributed by atoms with Gasteiger partial charge in [-0.1, -0.05) is 67.6 Å². The molecule has 3 aromatic rings. The van der Waals surface area contributed by atoms with Gasteiger partial charge in [0.15, 0.2) is 0 Å². The van der Waals surface area contributed by atoms with Gasteiger partial charge in [-0.2, -0.15) is 5.10 Å². The highest BCUT2D eigenvalue weighted by Crippen LogP contribution is 2.23. The highest BCUT2D eigenvalue weighted by molar-refractivity contribution is 5.85. The Morgan fingerprint density at radius 3 is 2.41 bits per heavy atom. The van der Waals surface area contributed by atoms with Crippen molar-refractivity contribution in [2.75, 3.05) is 13.1 Å². The highest BCUT2D eigenvalue weighted by Gasteiger charge is 2.28. The third-order valence-corrected chi connectivity index (χ3v) is 5.46. The van der Waals surface area contributed by atoms with Crippen molar-refractivity contribution in [2.45, 2.75) is 20.0 Å². The van der Waals surface area contributed by atoms with Crippen LogP contribution in [0.5, 0.6) is 0 Å². The maximum absolute atomic E-state index is 12.5. The second kappa shape index (κ2) is 9.72. The first kappa shape index (κ1) is 21.1. The van der Waals surface area contributed by atoms with E-state index in [1.165, 1.54) is 5.56 Å². The van der Waals surface area contributed by atoms with Crippen molar-refractivity contribution >= 4 is 18.3 Å². The molecule has 1 amide bonds. The second-order valence-electron chi connectivity index (χ2n) is 7.48. The quantitative estimate of drug-likeness (QED) is 0.626. The van der Waals surface area contributed by atoms with Crippen molar-refractivity contribution in [1.82, 2.24) is 20.4 Å². The first-order valence-electron chi connectivity index (χ1n) is 9.85. The first-order chi connectivity index (χ1) is 13.7. The zero-order valence-corrected chi connectivity index (χ0v) is 17.4. The van der Waals surface area contributed by atoms with Crippen LogP contribution < -0.4 is 10.6 Å². The Labute approximate surface area is 177 Å². The van der Waals surface area contributed by atoms with E-state index in [1.54, 1.807) is 0 Å². The summed E-state index contributed by atoms with van der Waals surface area (Å²) in [7, 11) is 0. The van der Waals surface area contributed by atoms with Crippen molar-refractivity contribution in [1.29, 1.82) is 0 Å². The minimum Gasteiger partial charge on any atom is -0.352 e. The lowest BCUT2D eigenvalue weighted by molar-refractivity contribution is -0.126. The van der Waals surface area contributed by atoms with Crippen molar-refractivity contribution in [3.63, 3.8) is 0 Å². The van der Waals surface area contributed by atoms with E-state index in [4.69, 9.17) is 5.10 Å². The summed E-state index contributed by atoms with van der Waals surface area (Å²) in [6.07, 6.45) is 2.05. The maximum atomic E-state index is 12.5. The Morgan fingerprint density at radius 1 is 1.14 bits per heavy atom. The molecule has 2 heterocycles. The molecule has 152 valence electrons. The summed E-state index contributed by atoms with van der Waals surface area (Å²) in [6.45, 7) is 5.07. The van der Waals surface area contributed by atoms with Crippen LogP contribution in [0.25, 0.3) is 11.3 Å². The molecule has 29 heavy (non-hydrogen) atoms. The van der Waals surface area contributed by atoms with E-state index in [0.717, 1.165) is 29.9 Å². The molecule has 0 spiro atoms. The fourth-order valence-corrected chi connectivity index (χ4v) is 3.50. The van der Waals surface area contributed by atoms with Gasteiger partial charge in [-0.05, 0) is 24.6 Å². The summed E-state index contributed by atoms with van der Waals surface area (Å²) < 4.78 is 1.96. The van der Waals surface area contributed by atoms with E-state index in [1.807, 2.05) is 54.2 Å². The van der Waals surface area contributed by atoms with Crippen LogP contribution in [0.2, 0.25) is 0 Å². The fraction of sp³-hybridized carbons (Fsp3) is 0.304. The molecule has 6 heteroatoms. The number of rotatable bonds is 7. The SMILES string of the molecule is CC(C(=O)NCc1cn(Cc2ccccc2)nc1-c1ccccc1)C1CNC1.Cl. The van der Waals surface area contributed by atoms with Crippen LogP contribution in [0.3, 0.4) is 0 Å². The van der Waals surface area contributed by atoms with Crippen LogP contribution in [-0.4, -0.2) is 28.8 Å². The zero-order valence-electron chi connectivity index (χ0n) is 16.5. The van der Waals surface area contributed by atoms with Crippen molar-refractivity contribution in [2.24, 2.45) is 11.8 Å². The Bertz CT molecular complexity index is 923. The highest BCUT2D eigenvalue weighted by atomic mass is 35.5. The van der Waals surface area contributed by atoms with Gasteiger partial charge < -0.3 is 10.6 Å². The van der Waals surface area contributed by atoms with E-state index in [2.05, 4.69) is 34.9 Å². The number of nitrogens with one attached hydrogen (secondary N) is 2. The third-order valence-electron chi connectivity index (χ3n) is 5.46. The molecule has 2 aromatic carbocycles. The molecular weight excluding hydrogens is 384 g/mol. The Morgan fingerprint density at radius 2 is 1.79 bits per heavy atom. The first-order valence-corrected chi connectivity index (χ1v) is 9.85. The molecule has 1 fully saturated rings. The van der Waals surface area contributed by atoms with Gasteiger partial charge in [0.05, 0.1) is 12.2 Å². The van der Waals surface area contributed by atoms with Gasteiger partial charge in [0.1, 0.15) is 0 Å². The number of aromatic nitrogens is 2. The maximum Gasteiger partial charge on any atom is 0.223 e. The van der Waals surface area contributed by atoms with Gasteiger partial charge in [-0.15, -0.1) is 12.4 Å². The fourth-order valence-electron chi connectivity index (χ4n) is 3.50. The summed E-state index contributed by atoms with van der Waals surface area (Å²) in [5, 5.41) is 11.2. The van der Waals surface area contributed by atoms with E-state index >= 15 is 0 Å². The number of hydrogen-bond donors (Lipinski definition) is 2. The summed E-state index contributed by atoms with van der Waals surface area (Å²) in [4.78, 5) is 12.5. The van der Waals surface area contributed by atoms with Crippen molar-refractivity contribution < 1.29 is 4.79 Å². The second-order valence-corrected chi connectivity index (χ2v) is 7.48. The third kappa shape index (κ3) is 5.05. The van der Waals surface area contributed by atoms with Gasteiger partial charge in [0, 0.05) is 29.8 Å². The number of carbonyl (C=O) groups is 1. The molecule has 0 saturated carbocycles. The number of carbonyl (C=O) groups excluding carboxylic acids is 1. The molecule has 1 aromatic heterocycles. The van der Waals surface area contributed by atoms with Crippen LogP contribution >= 0.6 is 12.4 Å². The van der Waals surface area contributed by atoms with Gasteiger partial charge in [0.2, 0.25) is 5.91 Å². The number of benzene rings is 2. The van der Waals surface area contributed by atoms with Gasteiger partial charge in [0.25, 0.3) is 0 Å². The molecule has 2 N–H and O–H groups in total. The Hall–Kier alpha value is -2.63. The molecular formula is C23H27ClN4O. The number of nitrogens with zero attached hydrogens (tertiary/aromatic N) is 2. The number of hydrogen-bond acceptors (Lipinski definition) is 3. The molecule has 0 aliphatic carbocycles. The molecule has 1 atom stereocenters. The van der Waals surface area contributed by atoms with Crippen LogP contribution in [0.4, 0.5) is 0 Å². The molecule has 1 unspecified atom stereocenters. The normalized spacial score (nSPS) is 14.5. The van der Waals surface area contributed by atoms with Crippen molar-refractivity contribution in [3.05, 3.63) is 78.0 Å². The summed E-state index contributed by atoms with van der Waals surface area (Å²) in [5.41, 5.74) is 4.23. The minimum absolute atomic E-state index is 0. The van der Waals surface area contributed by atoms with Gasteiger partial charge >= 0.3 is 0 Å². The molecule has 0 radical (unpaired) electrons. The van der Waals surface area contributed by atoms with E-state index in [-0.39, 0.29) is 24.2 Å². The van der Waals surface area contributed by atoms with Crippen LogP contribution in [0.15, 0.2) is 66.9 Å². The standard InChI is InChI=1S/C23H26N4O.ClH/c1-17(20-12-24-13-20)23(28)25-14-21-16-27(15-18-8-4-2-5-9-18)26-22(21)19-10-6-3-7-11-19;/h2-11,16-17,20,24H,12-15H2,1H3,(H,25,28);1H. The molecule has 5 nitrogen and oxygen atoms in total. The predicted molar refractivity (Wildman–Crippen MR) is 118 cm³/mol. The largest absolute Gasteiger partial charge is 0.352 e. The Balaban J connectivity index is 0.00000240. The van der Waals surface area contributed by atoms with Crippen molar-refractivity contribution in [3.8, 4) is 11.3 Å². The zero-order chi connectivity index (χ0) is 19.3.